The van der Waals surface area contributed by atoms with Crippen LogP contribution in [-0.4, -0.2) is 36.6 Å². The van der Waals surface area contributed by atoms with Crippen LogP contribution in [0.1, 0.15) is 40.0 Å². The molecule has 3 fully saturated rings. The number of ether oxygens (including phenoxy) is 3. The maximum Gasteiger partial charge on any atom is 0.344 e. The Kier molecular flexibility index (Phi) is 4.13. The van der Waals surface area contributed by atoms with E-state index in [2.05, 4.69) is 0 Å². The van der Waals surface area contributed by atoms with Crippen LogP contribution in [0.3, 0.4) is 0 Å². The average Bonchev–Trinajstić information content (AvgIpc) is 3.17. The summed E-state index contributed by atoms with van der Waals surface area (Å²) in [6.45, 7) is 4.93. The van der Waals surface area contributed by atoms with Gasteiger partial charge < -0.3 is 14.2 Å². The average molecular weight is 338 g/mol. The van der Waals surface area contributed by atoms with Crippen LogP contribution in [0.2, 0.25) is 0 Å². The van der Waals surface area contributed by atoms with E-state index in [1.54, 1.807) is 13.8 Å². The molecule has 0 amide bonds. The first-order valence-corrected chi connectivity index (χ1v) is 8.37. The van der Waals surface area contributed by atoms with E-state index in [1.807, 2.05) is 6.92 Å². The fraction of sp³-hybridized carbons (Fsp3) is 0.765. The summed E-state index contributed by atoms with van der Waals surface area (Å²) in [5, 5.41) is 0. The van der Waals surface area contributed by atoms with Crippen LogP contribution in [0.4, 0.5) is 0 Å². The van der Waals surface area contributed by atoms with E-state index < -0.39 is 47.9 Å². The van der Waals surface area contributed by atoms with Gasteiger partial charge in [0.25, 0.3) is 0 Å². The Hall–Kier alpha value is -1.92. The van der Waals surface area contributed by atoms with Crippen molar-refractivity contribution in [2.45, 2.75) is 46.1 Å². The summed E-state index contributed by atoms with van der Waals surface area (Å²) < 4.78 is 15.1. The lowest BCUT2D eigenvalue weighted by atomic mass is 9.79. The van der Waals surface area contributed by atoms with Crippen LogP contribution in [0.15, 0.2) is 0 Å². The van der Waals surface area contributed by atoms with Gasteiger partial charge >= 0.3 is 23.9 Å². The van der Waals surface area contributed by atoms with Crippen molar-refractivity contribution < 1.29 is 33.4 Å². The van der Waals surface area contributed by atoms with Gasteiger partial charge in [-0.15, -0.1) is 0 Å². The number of fused-ring (bicyclic) bond motifs is 5. The summed E-state index contributed by atoms with van der Waals surface area (Å²) in [5.74, 6) is -3.03. The lowest BCUT2D eigenvalue weighted by Crippen LogP contribution is -2.37. The van der Waals surface area contributed by atoms with Crippen molar-refractivity contribution in [1.29, 1.82) is 0 Å². The van der Waals surface area contributed by atoms with Crippen LogP contribution in [0, 0.1) is 29.1 Å². The van der Waals surface area contributed by atoms with Gasteiger partial charge in [0.1, 0.15) is 6.10 Å². The number of cyclic esters (lactones) is 2. The second kappa shape index (κ2) is 5.86. The Morgan fingerprint density at radius 2 is 1.83 bits per heavy atom. The Morgan fingerprint density at radius 3 is 2.50 bits per heavy atom. The van der Waals surface area contributed by atoms with Crippen LogP contribution < -0.4 is 0 Å². The Labute approximate surface area is 140 Å². The highest BCUT2D eigenvalue weighted by Gasteiger charge is 2.64. The minimum absolute atomic E-state index is 0.0262. The highest BCUT2D eigenvalue weighted by Crippen LogP contribution is 2.56. The van der Waals surface area contributed by atoms with Crippen molar-refractivity contribution in [3.05, 3.63) is 0 Å². The number of esters is 4. The molecule has 7 heteroatoms. The number of hydrogen-bond donors (Lipinski definition) is 0. The number of carbonyl (C=O) groups is 4. The lowest BCUT2D eigenvalue weighted by Gasteiger charge is -2.27. The van der Waals surface area contributed by atoms with Crippen molar-refractivity contribution in [1.82, 2.24) is 0 Å². The molecule has 2 bridgehead atoms. The largest absolute Gasteiger partial charge is 0.460 e. The van der Waals surface area contributed by atoms with Crippen LogP contribution in [0.25, 0.3) is 0 Å². The number of rotatable bonds is 5. The summed E-state index contributed by atoms with van der Waals surface area (Å²) in [6.07, 6.45) is 1.43. The summed E-state index contributed by atoms with van der Waals surface area (Å²) in [7, 11) is 0. The molecule has 3 aliphatic rings. The van der Waals surface area contributed by atoms with Crippen LogP contribution >= 0.6 is 0 Å². The lowest BCUT2D eigenvalue weighted by molar-refractivity contribution is -0.169. The zero-order valence-corrected chi connectivity index (χ0v) is 14.1. The minimum atomic E-state index is -0.645. The normalized spacial score (nSPS) is 34.0. The van der Waals surface area contributed by atoms with Gasteiger partial charge in [0.15, 0.2) is 6.61 Å². The molecular formula is C17H22O7. The second-order valence-corrected chi connectivity index (χ2v) is 7.53. The highest BCUT2D eigenvalue weighted by atomic mass is 16.6. The van der Waals surface area contributed by atoms with Gasteiger partial charge in [0.05, 0.1) is 17.3 Å². The summed E-state index contributed by atoms with van der Waals surface area (Å²) in [5.41, 5.74) is -0.645. The predicted molar refractivity (Wildman–Crippen MR) is 79.2 cm³/mol. The van der Waals surface area contributed by atoms with E-state index >= 15 is 0 Å². The van der Waals surface area contributed by atoms with Gasteiger partial charge in [-0.2, -0.15) is 0 Å². The van der Waals surface area contributed by atoms with Crippen LogP contribution in [-0.2, 0) is 33.4 Å². The van der Waals surface area contributed by atoms with Gasteiger partial charge in [0, 0.05) is 5.92 Å². The Morgan fingerprint density at radius 1 is 1.17 bits per heavy atom. The van der Waals surface area contributed by atoms with Crippen molar-refractivity contribution in [3.8, 4) is 0 Å². The smallest absolute Gasteiger partial charge is 0.344 e. The van der Waals surface area contributed by atoms with Crippen molar-refractivity contribution in [2.24, 2.45) is 29.1 Å². The fourth-order valence-electron chi connectivity index (χ4n) is 4.00. The van der Waals surface area contributed by atoms with E-state index in [1.165, 1.54) is 0 Å². The molecule has 132 valence electrons. The molecule has 0 N–H and O–H groups in total. The second-order valence-electron chi connectivity index (χ2n) is 7.53. The number of hydrogen-bond acceptors (Lipinski definition) is 7. The molecular weight excluding hydrogens is 316 g/mol. The highest BCUT2D eigenvalue weighted by molar-refractivity contribution is 5.97. The van der Waals surface area contributed by atoms with Gasteiger partial charge in [-0.05, 0) is 39.0 Å². The molecule has 0 aromatic carbocycles. The predicted octanol–water partition coefficient (Wildman–Crippen LogP) is 1.23. The molecule has 3 rings (SSSR count). The van der Waals surface area contributed by atoms with Crippen molar-refractivity contribution in [3.63, 3.8) is 0 Å². The van der Waals surface area contributed by atoms with Gasteiger partial charge in [0.2, 0.25) is 0 Å². The summed E-state index contributed by atoms with van der Waals surface area (Å²) in [4.78, 5) is 47.3. The van der Waals surface area contributed by atoms with E-state index in [0.29, 0.717) is 19.3 Å². The van der Waals surface area contributed by atoms with E-state index in [-0.39, 0.29) is 17.8 Å². The summed E-state index contributed by atoms with van der Waals surface area (Å²) >= 11 is 0. The first-order valence-electron chi connectivity index (χ1n) is 8.37. The Bertz CT molecular complexity index is 594. The zero-order chi connectivity index (χ0) is 17.6. The third kappa shape index (κ3) is 2.70. The summed E-state index contributed by atoms with van der Waals surface area (Å²) in [6, 6.07) is 0. The van der Waals surface area contributed by atoms with Gasteiger partial charge in [-0.1, -0.05) is 6.92 Å². The molecule has 2 aliphatic carbocycles. The molecule has 5 atom stereocenters. The van der Waals surface area contributed by atoms with Gasteiger partial charge in [-0.3, -0.25) is 14.4 Å². The fourth-order valence-corrected chi connectivity index (χ4v) is 4.00. The third-order valence-electron chi connectivity index (χ3n) is 5.73. The molecule has 0 aromatic rings. The molecule has 0 aromatic heterocycles. The molecule has 0 spiro atoms. The van der Waals surface area contributed by atoms with Gasteiger partial charge in [-0.25, -0.2) is 4.79 Å². The van der Waals surface area contributed by atoms with E-state index in [4.69, 9.17) is 14.2 Å². The third-order valence-corrected chi connectivity index (χ3v) is 5.73. The molecule has 0 radical (unpaired) electrons. The Balaban J connectivity index is 1.53. The SMILES string of the molecule is CCC(C)(C)C(=O)OCC(=O)OC1CC2CC1C1C(=O)OC(=O)C21. The molecule has 1 saturated heterocycles. The molecule has 2 saturated carbocycles. The first-order chi connectivity index (χ1) is 11.2. The monoisotopic (exact) mass is 338 g/mol. The standard InChI is InChI=1S/C17H22O7/c1-4-17(2,3)16(21)22-7-11(18)23-10-6-8-5-9(10)13-12(8)14(19)24-15(13)20/h8-10,12-13H,4-7H2,1-3H3. The first kappa shape index (κ1) is 16.9. The van der Waals surface area contributed by atoms with Crippen LogP contribution in [0.5, 0.6) is 0 Å². The van der Waals surface area contributed by atoms with Crippen molar-refractivity contribution in [2.75, 3.05) is 6.61 Å². The molecule has 24 heavy (non-hydrogen) atoms. The topological polar surface area (TPSA) is 96.0 Å². The van der Waals surface area contributed by atoms with E-state index in [9.17, 15) is 19.2 Å². The molecule has 1 aliphatic heterocycles. The molecule has 1 heterocycles. The molecule has 7 nitrogen and oxygen atoms in total. The van der Waals surface area contributed by atoms with Crippen molar-refractivity contribution >= 4 is 23.9 Å². The minimum Gasteiger partial charge on any atom is -0.460 e. The maximum atomic E-state index is 12.0. The number of carbonyl (C=O) groups excluding carboxylic acids is 4. The maximum absolute atomic E-state index is 12.0. The quantitative estimate of drug-likeness (QED) is 0.422. The zero-order valence-electron chi connectivity index (χ0n) is 14.1. The van der Waals surface area contributed by atoms with E-state index in [0.717, 1.165) is 0 Å². The molecule has 5 unspecified atom stereocenters.